The number of amides is 2. The molecule has 1 aromatic rings. The van der Waals surface area contributed by atoms with Crippen LogP contribution in [0.4, 0.5) is 0 Å². The maximum absolute atomic E-state index is 12.1. The van der Waals surface area contributed by atoms with Crippen molar-refractivity contribution < 1.29 is 14.7 Å². The topological polar surface area (TPSA) is 78.4 Å². The molecule has 21 heavy (non-hydrogen) atoms. The first kappa shape index (κ1) is 14.1. The van der Waals surface area contributed by atoms with Gasteiger partial charge in [-0.3, -0.25) is 9.59 Å². The number of rotatable bonds is 3. The summed E-state index contributed by atoms with van der Waals surface area (Å²) in [5.74, 6) is -0.150. The van der Waals surface area contributed by atoms with Crippen LogP contribution in [-0.4, -0.2) is 29.1 Å². The highest BCUT2D eigenvalue weighted by atomic mass is 16.3. The van der Waals surface area contributed by atoms with Crippen LogP contribution < -0.4 is 10.6 Å². The Hall–Kier alpha value is -1.88. The molecular formula is C16H20N2O3. The fourth-order valence-electron chi connectivity index (χ4n) is 3.17. The van der Waals surface area contributed by atoms with Crippen molar-refractivity contribution in [3.8, 4) is 0 Å². The number of carbonyl (C=O) groups is 2. The van der Waals surface area contributed by atoms with Crippen molar-refractivity contribution in [2.24, 2.45) is 0 Å². The molecule has 1 aliphatic carbocycles. The Morgan fingerprint density at radius 3 is 2.71 bits per heavy atom. The van der Waals surface area contributed by atoms with Gasteiger partial charge in [-0.25, -0.2) is 0 Å². The average Bonchev–Trinajstić information content (AvgIpc) is 2.78. The maximum Gasteiger partial charge on any atom is 0.252 e. The highest BCUT2D eigenvalue weighted by Gasteiger charge is 2.30. The molecule has 0 bridgehead atoms. The summed E-state index contributed by atoms with van der Waals surface area (Å²) in [6.45, 7) is 0. The summed E-state index contributed by atoms with van der Waals surface area (Å²) in [4.78, 5) is 24.0. The van der Waals surface area contributed by atoms with Crippen molar-refractivity contribution in [1.29, 1.82) is 0 Å². The number of carbonyl (C=O) groups excluding carboxylic acids is 2. The van der Waals surface area contributed by atoms with Gasteiger partial charge in [-0.1, -0.05) is 18.2 Å². The monoisotopic (exact) mass is 288 g/mol. The fourth-order valence-corrected chi connectivity index (χ4v) is 3.17. The van der Waals surface area contributed by atoms with Crippen molar-refractivity contribution in [2.75, 3.05) is 0 Å². The van der Waals surface area contributed by atoms with E-state index in [1.165, 1.54) is 0 Å². The molecule has 1 aliphatic heterocycles. The van der Waals surface area contributed by atoms with E-state index in [-0.39, 0.29) is 36.4 Å². The zero-order valence-electron chi connectivity index (χ0n) is 11.8. The van der Waals surface area contributed by atoms with Crippen LogP contribution in [-0.2, 0) is 4.79 Å². The third kappa shape index (κ3) is 3.08. The highest BCUT2D eigenvalue weighted by Crippen LogP contribution is 2.27. The van der Waals surface area contributed by atoms with Gasteiger partial charge in [-0.2, -0.15) is 0 Å². The Balaban J connectivity index is 1.58. The molecule has 1 saturated carbocycles. The lowest BCUT2D eigenvalue weighted by molar-refractivity contribution is -0.122. The minimum Gasteiger partial charge on any atom is -0.393 e. The van der Waals surface area contributed by atoms with Crippen LogP contribution >= 0.6 is 0 Å². The van der Waals surface area contributed by atoms with E-state index in [1.807, 2.05) is 18.2 Å². The molecule has 0 radical (unpaired) electrons. The molecule has 2 amide bonds. The number of fused-ring (bicyclic) bond motifs is 1. The Kier molecular flexibility index (Phi) is 3.92. The van der Waals surface area contributed by atoms with Crippen LogP contribution in [0.15, 0.2) is 24.3 Å². The number of hydrogen-bond donors (Lipinski definition) is 3. The molecule has 0 aromatic heterocycles. The molecule has 2 aliphatic rings. The zero-order chi connectivity index (χ0) is 14.8. The Labute approximate surface area is 123 Å². The highest BCUT2D eigenvalue weighted by molar-refractivity contribution is 5.99. The largest absolute Gasteiger partial charge is 0.393 e. The third-order valence-electron chi connectivity index (χ3n) is 4.34. The van der Waals surface area contributed by atoms with E-state index in [1.54, 1.807) is 6.07 Å². The zero-order valence-corrected chi connectivity index (χ0v) is 11.8. The third-order valence-corrected chi connectivity index (χ3v) is 4.34. The van der Waals surface area contributed by atoms with Crippen molar-refractivity contribution in [3.63, 3.8) is 0 Å². The minimum atomic E-state index is -0.233. The van der Waals surface area contributed by atoms with E-state index in [2.05, 4.69) is 10.6 Å². The summed E-state index contributed by atoms with van der Waals surface area (Å²) in [6, 6.07) is 7.30. The van der Waals surface area contributed by atoms with Crippen LogP contribution in [0.3, 0.4) is 0 Å². The first-order valence-electron chi connectivity index (χ1n) is 7.50. The molecule has 5 heteroatoms. The van der Waals surface area contributed by atoms with Gasteiger partial charge in [0.2, 0.25) is 5.91 Å². The fraction of sp³-hybridized carbons (Fsp3) is 0.500. The van der Waals surface area contributed by atoms with Gasteiger partial charge in [-0.15, -0.1) is 0 Å². The van der Waals surface area contributed by atoms with Crippen LogP contribution in [0.25, 0.3) is 0 Å². The number of aliphatic hydroxyl groups excluding tert-OH is 1. The van der Waals surface area contributed by atoms with E-state index in [9.17, 15) is 14.7 Å². The summed E-state index contributed by atoms with van der Waals surface area (Å²) >= 11 is 0. The Bertz CT molecular complexity index is 550. The lowest BCUT2D eigenvalue weighted by Crippen LogP contribution is -2.39. The predicted molar refractivity (Wildman–Crippen MR) is 77.7 cm³/mol. The van der Waals surface area contributed by atoms with Crippen molar-refractivity contribution in [3.05, 3.63) is 35.4 Å². The number of nitrogens with one attached hydrogen (secondary N) is 2. The summed E-state index contributed by atoms with van der Waals surface area (Å²) in [7, 11) is 0. The molecule has 1 fully saturated rings. The van der Waals surface area contributed by atoms with Gasteiger partial charge in [0.15, 0.2) is 0 Å². The summed E-state index contributed by atoms with van der Waals surface area (Å²) in [6.07, 6.45) is 3.17. The van der Waals surface area contributed by atoms with Gasteiger partial charge in [0.1, 0.15) is 0 Å². The average molecular weight is 288 g/mol. The first-order valence-corrected chi connectivity index (χ1v) is 7.50. The van der Waals surface area contributed by atoms with Crippen molar-refractivity contribution in [1.82, 2.24) is 10.6 Å². The molecule has 3 rings (SSSR count). The molecule has 3 N–H and O–H groups in total. The molecular weight excluding hydrogens is 268 g/mol. The Morgan fingerprint density at radius 2 is 1.95 bits per heavy atom. The van der Waals surface area contributed by atoms with Gasteiger partial charge in [0.25, 0.3) is 5.91 Å². The lowest BCUT2D eigenvalue weighted by Gasteiger charge is -2.26. The summed E-state index contributed by atoms with van der Waals surface area (Å²) < 4.78 is 0. The smallest absolute Gasteiger partial charge is 0.252 e. The van der Waals surface area contributed by atoms with Gasteiger partial charge in [-0.05, 0) is 37.3 Å². The van der Waals surface area contributed by atoms with Crippen molar-refractivity contribution >= 4 is 11.8 Å². The molecule has 1 heterocycles. The number of benzene rings is 1. The number of aliphatic hydroxyl groups is 1. The van der Waals surface area contributed by atoms with E-state index in [0.717, 1.165) is 31.2 Å². The number of hydrogen-bond acceptors (Lipinski definition) is 3. The van der Waals surface area contributed by atoms with E-state index in [0.29, 0.717) is 5.56 Å². The maximum atomic E-state index is 12.1. The predicted octanol–water partition coefficient (Wildman–Crippen LogP) is 1.28. The Morgan fingerprint density at radius 1 is 1.24 bits per heavy atom. The van der Waals surface area contributed by atoms with E-state index >= 15 is 0 Å². The molecule has 0 spiro atoms. The van der Waals surface area contributed by atoms with E-state index in [4.69, 9.17) is 0 Å². The molecule has 1 aromatic carbocycles. The second-order valence-corrected chi connectivity index (χ2v) is 5.89. The van der Waals surface area contributed by atoms with Crippen molar-refractivity contribution in [2.45, 2.75) is 50.3 Å². The minimum absolute atomic E-state index is 0.0432. The first-order chi connectivity index (χ1) is 10.1. The lowest BCUT2D eigenvalue weighted by atomic mass is 9.93. The molecule has 1 atom stereocenters. The molecule has 5 nitrogen and oxygen atoms in total. The van der Waals surface area contributed by atoms with Gasteiger partial charge in [0, 0.05) is 11.6 Å². The normalized spacial score (nSPS) is 27.9. The standard InChI is InChI=1S/C16H20N2O3/c19-11-7-5-10(6-8-11)17-15(20)9-14-12-3-1-2-4-13(12)16(21)18-14/h1-4,10-11,14,19H,5-9H2,(H,17,20)(H,18,21)/t10?,11?,14-/m1/s1. The van der Waals surface area contributed by atoms with E-state index < -0.39 is 0 Å². The van der Waals surface area contributed by atoms with Gasteiger partial charge < -0.3 is 15.7 Å². The van der Waals surface area contributed by atoms with Gasteiger partial charge in [0.05, 0.1) is 18.6 Å². The molecule has 0 unspecified atom stereocenters. The summed E-state index contributed by atoms with van der Waals surface area (Å²) in [5.41, 5.74) is 1.56. The van der Waals surface area contributed by atoms with Crippen LogP contribution in [0.2, 0.25) is 0 Å². The van der Waals surface area contributed by atoms with Crippen LogP contribution in [0.1, 0.15) is 54.1 Å². The van der Waals surface area contributed by atoms with Crippen LogP contribution in [0.5, 0.6) is 0 Å². The second-order valence-electron chi connectivity index (χ2n) is 5.89. The quantitative estimate of drug-likeness (QED) is 0.784. The molecule has 0 saturated heterocycles. The van der Waals surface area contributed by atoms with Crippen LogP contribution in [0, 0.1) is 0 Å². The molecule has 112 valence electrons. The summed E-state index contributed by atoms with van der Waals surface area (Å²) in [5, 5.41) is 15.3. The van der Waals surface area contributed by atoms with Gasteiger partial charge >= 0.3 is 0 Å². The SMILES string of the molecule is O=C(C[C@H]1NC(=O)c2ccccc21)NC1CCC(O)CC1. The second kappa shape index (κ2) is 5.85.